The molecule has 10 nitrogen and oxygen atoms in total. The van der Waals surface area contributed by atoms with Gasteiger partial charge in [0.25, 0.3) is 5.56 Å². The number of allylic oxidation sites excluding steroid dienone is 1. The van der Waals surface area contributed by atoms with E-state index in [1.165, 1.54) is 45.4 Å². The van der Waals surface area contributed by atoms with Crippen LogP contribution >= 0.6 is 0 Å². The summed E-state index contributed by atoms with van der Waals surface area (Å²) in [6, 6.07) is 9.93. The van der Waals surface area contributed by atoms with E-state index in [1.807, 2.05) is 0 Å². The second kappa shape index (κ2) is 8.97. The van der Waals surface area contributed by atoms with Gasteiger partial charge in [-0.2, -0.15) is 0 Å². The number of pyridine rings is 1. The van der Waals surface area contributed by atoms with Crippen LogP contribution < -0.4 is 10.9 Å². The molecule has 0 saturated heterocycles. The van der Waals surface area contributed by atoms with Crippen molar-refractivity contribution in [2.45, 2.75) is 17.5 Å². The fourth-order valence-corrected chi connectivity index (χ4v) is 4.27. The van der Waals surface area contributed by atoms with Gasteiger partial charge in [0.05, 0.1) is 35.9 Å². The van der Waals surface area contributed by atoms with E-state index in [4.69, 9.17) is 4.74 Å². The SMILES string of the molecule is COC(=O)C1=C(Cn2cc(S(=O)(=O)N(C)C)ccc2=O)N(C)C(=O)NC1c1ccccc1. The summed E-state index contributed by atoms with van der Waals surface area (Å²) in [5.41, 5.74) is 0.530. The van der Waals surface area contributed by atoms with Gasteiger partial charge in [0.1, 0.15) is 0 Å². The Hall–Kier alpha value is -3.44. The van der Waals surface area contributed by atoms with Crippen molar-refractivity contribution in [2.24, 2.45) is 0 Å². The molecule has 1 aromatic carbocycles. The summed E-state index contributed by atoms with van der Waals surface area (Å²) in [4.78, 5) is 39.1. The Balaban J connectivity index is 2.18. The van der Waals surface area contributed by atoms with E-state index in [1.54, 1.807) is 30.3 Å². The Morgan fingerprint density at radius 2 is 1.78 bits per heavy atom. The van der Waals surface area contributed by atoms with Crippen LogP contribution in [0.5, 0.6) is 0 Å². The first-order chi connectivity index (χ1) is 15.1. The summed E-state index contributed by atoms with van der Waals surface area (Å²) in [5, 5.41) is 2.77. The zero-order chi connectivity index (χ0) is 23.6. The smallest absolute Gasteiger partial charge is 0.338 e. The third-order valence-corrected chi connectivity index (χ3v) is 6.97. The monoisotopic (exact) mass is 460 g/mol. The number of esters is 1. The molecule has 1 aliphatic rings. The Labute approximate surface area is 185 Å². The van der Waals surface area contributed by atoms with E-state index in [9.17, 15) is 22.8 Å². The van der Waals surface area contributed by atoms with Crippen molar-refractivity contribution in [1.82, 2.24) is 19.1 Å². The maximum atomic E-state index is 12.8. The lowest BCUT2D eigenvalue weighted by Gasteiger charge is -2.34. The van der Waals surface area contributed by atoms with Crippen LogP contribution in [0.25, 0.3) is 0 Å². The van der Waals surface area contributed by atoms with Crippen molar-refractivity contribution in [1.29, 1.82) is 0 Å². The lowest BCUT2D eigenvalue weighted by Crippen LogP contribution is -2.48. The Morgan fingerprint density at radius 1 is 1.12 bits per heavy atom. The van der Waals surface area contributed by atoms with Crippen LogP contribution in [-0.4, -0.2) is 62.4 Å². The van der Waals surface area contributed by atoms with E-state index < -0.39 is 33.6 Å². The molecule has 0 saturated carbocycles. The van der Waals surface area contributed by atoms with Gasteiger partial charge in [-0.3, -0.25) is 9.69 Å². The number of hydrogen-bond acceptors (Lipinski definition) is 6. The second-order valence-corrected chi connectivity index (χ2v) is 9.47. The molecule has 32 heavy (non-hydrogen) atoms. The third-order valence-electron chi connectivity index (χ3n) is 5.17. The molecule has 0 aliphatic carbocycles. The zero-order valence-electron chi connectivity index (χ0n) is 18.1. The molecule has 11 heteroatoms. The number of methoxy groups -OCH3 is 1. The number of aromatic nitrogens is 1. The molecule has 1 N–H and O–H groups in total. The summed E-state index contributed by atoms with van der Waals surface area (Å²) < 4.78 is 32.2. The van der Waals surface area contributed by atoms with Crippen molar-refractivity contribution < 1.29 is 22.7 Å². The molecular weight excluding hydrogens is 436 g/mol. The number of ether oxygens (including phenoxy) is 1. The molecule has 1 aromatic heterocycles. The van der Waals surface area contributed by atoms with Crippen molar-refractivity contribution >= 4 is 22.0 Å². The van der Waals surface area contributed by atoms with Gasteiger partial charge in [-0.05, 0) is 11.6 Å². The first-order valence-electron chi connectivity index (χ1n) is 9.61. The molecule has 2 aromatic rings. The number of rotatable bonds is 6. The molecule has 2 amide bonds. The fourth-order valence-electron chi connectivity index (χ4n) is 3.35. The number of sulfonamides is 1. The summed E-state index contributed by atoms with van der Waals surface area (Å²) in [6.45, 7) is -0.215. The minimum absolute atomic E-state index is 0.0927. The van der Waals surface area contributed by atoms with Crippen molar-refractivity contribution in [2.75, 3.05) is 28.3 Å². The van der Waals surface area contributed by atoms with Gasteiger partial charge >= 0.3 is 12.0 Å². The molecule has 1 aliphatic heterocycles. The van der Waals surface area contributed by atoms with Crippen LogP contribution in [0.1, 0.15) is 11.6 Å². The van der Waals surface area contributed by atoms with Crippen molar-refractivity contribution in [3.05, 3.63) is 75.8 Å². The minimum atomic E-state index is -3.80. The molecule has 0 bridgehead atoms. The lowest BCUT2D eigenvalue weighted by atomic mass is 9.94. The normalized spacial score (nSPS) is 16.8. The highest BCUT2D eigenvalue weighted by Crippen LogP contribution is 2.31. The van der Waals surface area contributed by atoms with Gasteiger partial charge in [-0.15, -0.1) is 0 Å². The number of urea groups is 1. The predicted octanol–water partition coefficient (Wildman–Crippen LogP) is 0.922. The number of nitrogens with one attached hydrogen (secondary N) is 1. The number of likely N-dealkylation sites (N-methyl/N-ethyl adjacent to an activating group) is 1. The maximum Gasteiger partial charge on any atom is 0.338 e. The highest BCUT2D eigenvalue weighted by Gasteiger charge is 2.36. The van der Waals surface area contributed by atoms with Gasteiger partial charge in [0.15, 0.2) is 0 Å². The number of hydrogen-bond donors (Lipinski definition) is 1. The van der Waals surface area contributed by atoms with Crippen molar-refractivity contribution in [3.8, 4) is 0 Å². The van der Waals surface area contributed by atoms with Gasteiger partial charge in [0, 0.05) is 33.4 Å². The average molecular weight is 461 g/mol. The molecule has 1 atom stereocenters. The molecule has 170 valence electrons. The summed E-state index contributed by atoms with van der Waals surface area (Å²) >= 11 is 0. The summed E-state index contributed by atoms with van der Waals surface area (Å²) in [5.74, 6) is -0.675. The zero-order valence-corrected chi connectivity index (χ0v) is 18.9. The number of nitrogens with zero attached hydrogens (tertiary/aromatic N) is 3. The van der Waals surface area contributed by atoms with Gasteiger partial charge in [-0.1, -0.05) is 30.3 Å². The van der Waals surface area contributed by atoms with Gasteiger partial charge in [-0.25, -0.2) is 22.3 Å². The van der Waals surface area contributed by atoms with Crippen LogP contribution in [0.2, 0.25) is 0 Å². The fraction of sp³-hybridized carbons (Fsp3) is 0.286. The number of amides is 2. The van der Waals surface area contributed by atoms with Gasteiger partial charge < -0.3 is 14.6 Å². The molecule has 0 radical (unpaired) electrons. The van der Waals surface area contributed by atoms with E-state index in [0.717, 1.165) is 14.9 Å². The van der Waals surface area contributed by atoms with E-state index >= 15 is 0 Å². The molecule has 2 heterocycles. The van der Waals surface area contributed by atoms with Crippen LogP contribution in [0, 0.1) is 0 Å². The summed E-state index contributed by atoms with van der Waals surface area (Å²) in [7, 11) is 1.65. The largest absolute Gasteiger partial charge is 0.466 e. The van der Waals surface area contributed by atoms with E-state index in [0.29, 0.717) is 5.56 Å². The van der Waals surface area contributed by atoms with Crippen LogP contribution in [0.15, 0.2) is 69.6 Å². The second-order valence-electron chi connectivity index (χ2n) is 7.32. The first kappa shape index (κ1) is 23.2. The topological polar surface area (TPSA) is 118 Å². The first-order valence-corrected chi connectivity index (χ1v) is 11.1. The van der Waals surface area contributed by atoms with E-state index in [-0.39, 0.29) is 22.7 Å². The lowest BCUT2D eigenvalue weighted by molar-refractivity contribution is -0.136. The average Bonchev–Trinajstić information content (AvgIpc) is 2.77. The highest BCUT2D eigenvalue weighted by molar-refractivity contribution is 7.89. The van der Waals surface area contributed by atoms with Crippen LogP contribution in [-0.2, 0) is 26.1 Å². The Morgan fingerprint density at radius 3 is 2.38 bits per heavy atom. The third kappa shape index (κ3) is 4.30. The Bertz CT molecular complexity index is 1230. The molecular formula is C21H24N4O6S. The number of carbonyl (C=O) groups excluding carboxylic acids is 2. The number of carbonyl (C=O) groups is 2. The molecule has 0 fully saturated rings. The van der Waals surface area contributed by atoms with Gasteiger partial charge in [0.2, 0.25) is 10.0 Å². The number of benzene rings is 1. The van der Waals surface area contributed by atoms with E-state index in [2.05, 4.69) is 5.32 Å². The molecule has 0 spiro atoms. The summed E-state index contributed by atoms with van der Waals surface area (Å²) in [6.07, 6.45) is 1.19. The highest BCUT2D eigenvalue weighted by atomic mass is 32.2. The minimum Gasteiger partial charge on any atom is -0.466 e. The quantitative estimate of drug-likeness (QED) is 0.641. The maximum absolute atomic E-state index is 12.8. The predicted molar refractivity (Wildman–Crippen MR) is 116 cm³/mol. The standard InChI is InChI=1S/C21H24N4O6S/c1-23(2)32(29,30)15-10-11-17(26)25(12-15)13-16-18(20(27)31-4)19(22-21(28)24(16)3)14-8-6-5-7-9-14/h5-12,19H,13H2,1-4H3,(H,22,28). The molecule has 1 unspecified atom stereocenters. The van der Waals surface area contributed by atoms with Crippen LogP contribution in [0.4, 0.5) is 4.79 Å². The Kier molecular flexibility index (Phi) is 6.51. The molecule has 3 rings (SSSR count). The van der Waals surface area contributed by atoms with Crippen molar-refractivity contribution in [3.63, 3.8) is 0 Å². The van der Waals surface area contributed by atoms with Crippen LogP contribution in [0.3, 0.4) is 0 Å².